The monoisotopic (exact) mass is 464 g/mol. The van der Waals surface area contributed by atoms with Crippen LogP contribution < -0.4 is 14.8 Å². The maximum Gasteiger partial charge on any atom is 0.340 e. The van der Waals surface area contributed by atoms with Crippen LogP contribution in [0.25, 0.3) is 11.5 Å². The molecule has 8 heteroatoms. The largest absolute Gasteiger partial charge is 0.493 e. The van der Waals surface area contributed by atoms with Crippen molar-refractivity contribution >= 4 is 17.6 Å². The van der Waals surface area contributed by atoms with Crippen molar-refractivity contribution in [2.75, 3.05) is 19.5 Å². The fourth-order valence-corrected chi connectivity index (χ4v) is 4.05. The zero-order valence-corrected chi connectivity index (χ0v) is 19.6. The molecule has 0 radical (unpaired) electrons. The maximum atomic E-state index is 13.1. The second kappa shape index (κ2) is 10.4. The number of hydrogen-bond donors (Lipinski definition) is 1. The molecule has 0 aliphatic heterocycles. The second-order valence-corrected chi connectivity index (χ2v) is 8.19. The number of amides is 1. The van der Waals surface area contributed by atoms with E-state index in [-0.39, 0.29) is 24.0 Å². The molecule has 2 aromatic carbocycles. The first-order valence-electron chi connectivity index (χ1n) is 11.3. The van der Waals surface area contributed by atoms with E-state index < -0.39 is 5.97 Å². The summed E-state index contributed by atoms with van der Waals surface area (Å²) in [6.07, 6.45) is 3.74. The molecule has 8 nitrogen and oxygen atoms in total. The molecule has 178 valence electrons. The van der Waals surface area contributed by atoms with Gasteiger partial charge in [0.25, 0.3) is 0 Å². The number of oxazole rings is 1. The van der Waals surface area contributed by atoms with Crippen molar-refractivity contribution in [3.63, 3.8) is 0 Å². The Hall–Kier alpha value is -3.81. The van der Waals surface area contributed by atoms with Crippen molar-refractivity contribution in [3.8, 4) is 23.0 Å². The summed E-state index contributed by atoms with van der Waals surface area (Å²) in [5, 5.41) is 2.89. The summed E-state index contributed by atoms with van der Waals surface area (Å²) in [6, 6.07) is 12.6. The third-order valence-electron chi connectivity index (χ3n) is 5.98. The third-order valence-corrected chi connectivity index (χ3v) is 5.98. The zero-order chi connectivity index (χ0) is 24.1. The molecule has 0 atom stereocenters. The molecule has 1 amide bonds. The van der Waals surface area contributed by atoms with E-state index in [1.54, 1.807) is 13.0 Å². The van der Waals surface area contributed by atoms with Crippen LogP contribution in [0, 0.1) is 12.8 Å². The summed E-state index contributed by atoms with van der Waals surface area (Å²) < 4.78 is 22.0. The summed E-state index contributed by atoms with van der Waals surface area (Å²) in [6.45, 7) is 1.69. The average Bonchev–Trinajstić information content (AvgIpc) is 3.53. The molecule has 1 saturated carbocycles. The van der Waals surface area contributed by atoms with Crippen molar-refractivity contribution in [2.24, 2.45) is 5.92 Å². The van der Waals surface area contributed by atoms with E-state index >= 15 is 0 Å². The van der Waals surface area contributed by atoms with Crippen molar-refractivity contribution < 1.29 is 28.2 Å². The highest BCUT2D eigenvalue weighted by atomic mass is 16.5. The number of rotatable bonds is 8. The van der Waals surface area contributed by atoms with Crippen molar-refractivity contribution in [2.45, 2.75) is 39.2 Å². The van der Waals surface area contributed by atoms with Gasteiger partial charge in [0.1, 0.15) is 18.1 Å². The number of ether oxygens (including phenoxy) is 3. The molecule has 1 aliphatic carbocycles. The summed E-state index contributed by atoms with van der Waals surface area (Å²) in [7, 11) is 2.98. The molecule has 0 bridgehead atoms. The van der Waals surface area contributed by atoms with Gasteiger partial charge in [-0.15, -0.1) is 0 Å². The Labute approximate surface area is 198 Å². The predicted molar refractivity (Wildman–Crippen MR) is 126 cm³/mol. The van der Waals surface area contributed by atoms with Crippen LogP contribution in [0.1, 0.15) is 47.5 Å². The van der Waals surface area contributed by atoms with Gasteiger partial charge in [0.05, 0.1) is 25.5 Å². The number of nitrogens with zero attached hydrogens (tertiary/aromatic N) is 1. The molecule has 1 aromatic heterocycles. The SMILES string of the molecule is COc1cc(NC(=O)C2CCCC2)c(C(=O)OCc2nc(-c3ccccc3)oc2C)cc1OC. The standard InChI is InChI=1S/C26H28N2O6/c1-16-21(28-25(34-16)18-11-5-4-6-12-18)15-33-26(30)19-13-22(31-2)23(32-3)14-20(19)27-24(29)17-9-7-8-10-17/h4-6,11-14,17H,7-10,15H2,1-3H3,(H,27,29). The number of benzene rings is 2. The van der Waals surface area contributed by atoms with Gasteiger partial charge < -0.3 is 23.9 Å². The van der Waals surface area contributed by atoms with Crippen LogP contribution in [-0.4, -0.2) is 31.1 Å². The average molecular weight is 465 g/mol. The molecule has 1 fully saturated rings. The molecular weight excluding hydrogens is 436 g/mol. The third kappa shape index (κ3) is 5.06. The molecule has 0 spiro atoms. The smallest absolute Gasteiger partial charge is 0.340 e. The van der Waals surface area contributed by atoms with E-state index in [9.17, 15) is 9.59 Å². The quantitative estimate of drug-likeness (QED) is 0.460. The topological polar surface area (TPSA) is 99.9 Å². The van der Waals surface area contributed by atoms with Gasteiger partial charge in [-0.1, -0.05) is 31.0 Å². The molecule has 1 aliphatic rings. The Morgan fingerprint density at radius 1 is 1.06 bits per heavy atom. The van der Waals surface area contributed by atoms with E-state index in [1.165, 1.54) is 20.3 Å². The normalized spacial score (nSPS) is 13.5. The number of anilines is 1. The lowest BCUT2D eigenvalue weighted by Crippen LogP contribution is -2.22. The molecule has 1 heterocycles. The Morgan fingerprint density at radius 3 is 2.41 bits per heavy atom. The number of aromatic nitrogens is 1. The van der Waals surface area contributed by atoms with E-state index in [0.29, 0.717) is 34.5 Å². The first kappa shape index (κ1) is 23.4. The van der Waals surface area contributed by atoms with Crippen LogP contribution in [-0.2, 0) is 16.1 Å². The molecule has 4 rings (SSSR count). The molecule has 0 unspecified atom stereocenters. The van der Waals surface area contributed by atoms with Crippen LogP contribution in [0.3, 0.4) is 0 Å². The number of carbonyl (C=O) groups is 2. The number of esters is 1. The Bertz CT molecular complexity index is 1170. The molecule has 3 aromatic rings. The van der Waals surface area contributed by atoms with E-state index in [0.717, 1.165) is 31.2 Å². The van der Waals surface area contributed by atoms with Crippen LogP contribution in [0.2, 0.25) is 0 Å². The minimum absolute atomic E-state index is 0.0637. The number of carbonyl (C=O) groups excluding carboxylic acids is 2. The lowest BCUT2D eigenvalue weighted by atomic mass is 10.1. The zero-order valence-electron chi connectivity index (χ0n) is 19.6. The fraction of sp³-hybridized carbons (Fsp3) is 0.346. The van der Waals surface area contributed by atoms with Crippen LogP contribution in [0.4, 0.5) is 5.69 Å². The van der Waals surface area contributed by atoms with E-state index in [4.69, 9.17) is 18.6 Å². The van der Waals surface area contributed by atoms with Gasteiger partial charge in [-0.3, -0.25) is 4.79 Å². The van der Waals surface area contributed by atoms with Crippen molar-refractivity contribution in [3.05, 3.63) is 59.5 Å². The second-order valence-electron chi connectivity index (χ2n) is 8.19. The summed E-state index contributed by atoms with van der Waals surface area (Å²) in [4.78, 5) is 30.3. The Kier molecular flexibility index (Phi) is 7.15. The molecule has 1 N–H and O–H groups in total. The fourth-order valence-electron chi connectivity index (χ4n) is 4.05. The summed E-state index contributed by atoms with van der Waals surface area (Å²) >= 11 is 0. The van der Waals surface area contributed by atoms with Crippen molar-refractivity contribution in [1.29, 1.82) is 0 Å². The van der Waals surface area contributed by atoms with Gasteiger partial charge in [-0.2, -0.15) is 0 Å². The Morgan fingerprint density at radius 2 is 1.74 bits per heavy atom. The first-order chi connectivity index (χ1) is 16.5. The number of nitrogens with one attached hydrogen (secondary N) is 1. The minimum atomic E-state index is -0.619. The summed E-state index contributed by atoms with van der Waals surface area (Å²) in [5.74, 6) is 0.988. The van der Waals surface area contributed by atoms with Gasteiger partial charge in [0, 0.05) is 23.6 Å². The van der Waals surface area contributed by atoms with Gasteiger partial charge in [0.15, 0.2) is 11.5 Å². The maximum absolute atomic E-state index is 13.1. The van der Waals surface area contributed by atoms with Crippen LogP contribution in [0.5, 0.6) is 11.5 Å². The summed E-state index contributed by atoms with van der Waals surface area (Å²) in [5.41, 5.74) is 1.85. The highest BCUT2D eigenvalue weighted by Crippen LogP contribution is 2.35. The van der Waals surface area contributed by atoms with Crippen LogP contribution >= 0.6 is 0 Å². The van der Waals surface area contributed by atoms with E-state index in [1.807, 2.05) is 30.3 Å². The number of methoxy groups -OCH3 is 2. The van der Waals surface area contributed by atoms with Gasteiger partial charge >= 0.3 is 5.97 Å². The van der Waals surface area contributed by atoms with E-state index in [2.05, 4.69) is 10.3 Å². The van der Waals surface area contributed by atoms with Gasteiger partial charge in [0.2, 0.25) is 11.8 Å². The highest BCUT2D eigenvalue weighted by Gasteiger charge is 2.26. The Balaban J connectivity index is 1.54. The number of aryl methyl sites for hydroxylation is 1. The molecule has 34 heavy (non-hydrogen) atoms. The molecular formula is C26H28N2O6. The van der Waals surface area contributed by atoms with Crippen LogP contribution in [0.15, 0.2) is 46.9 Å². The van der Waals surface area contributed by atoms with Gasteiger partial charge in [-0.05, 0) is 31.9 Å². The van der Waals surface area contributed by atoms with Gasteiger partial charge in [-0.25, -0.2) is 9.78 Å². The minimum Gasteiger partial charge on any atom is -0.493 e. The lowest BCUT2D eigenvalue weighted by molar-refractivity contribution is -0.119. The first-order valence-corrected chi connectivity index (χ1v) is 11.3. The predicted octanol–water partition coefficient (Wildman–Crippen LogP) is 5.15. The number of hydrogen-bond acceptors (Lipinski definition) is 7. The molecule has 0 saturated heterocycles. The van der Waals surface area contributed by atoms with Crippen molar-refractivity contribution in [1.82, 2.24) is 4.98 Å². The lowest BCUT2D eigenvalue weighted by Gasteiger charge is -2.17. The highest BCUT2D eigenvalue weighted by molar-refractivity contribution is 6.02.